The van der Waals surface area contributed by atoms with Crippen LogP contribution in [0.3, 0.4) is 0 Å². The zero-order valence-corrected chi connectivity index (χ0v) is 46.0. The number of carbonyl (C=O) groups is 5. The molecule has 0 radical (unpaired) electrons. The number of fused-ring (bicyclic) bond motifs is 16. The van der Waals surface area contributed by atoms with Crippen LogP contribution in [-0.2, 0) is 23.8 Å². The Balaban J connectivity index is 1.06. The SMILES string of the molecule is C=C(O)c1cc(C2CC2)c2c(C)c(N3CC4CN(/N=C/C5=C6NC(=O)/C(C)=C\C=C\[C@H](C)[C@H](O)[C@@H](C)[C@@H](O)[C@@H](C)[C@H](OC(C)=O)[C@H](C)[C@@H](OC)/C=C/O[C@@]7(C)Oc8c(C)c(O)c(c(c8C7=O)C5=O)C6=O)CC4C3)c(F)cn2c1=O. The van der Waals surface area contributed by atoms with Gasteiger partial charge in [-0.15, -0.1) is 0 Å². The summed E-state index contributed by atoms with van der Waals surface area (Å²) < 4.78 is 41.3. The summed E-state index contributed by atoms with van der Waals surface area (Å²) in [6.07, 6.45) is 7.21. The van der Waals surface area contributed by atoms with Crippen LogP contribution in [0.25, 0.3) is 11.3 Å². The zero-order chi connectivity index (χ0) is 57.4. The number of amides is 1. The topological polar surface area (TPSA) is 256 Å². The lowest BCUT2D eigenvalue weighted by Gasteiger charge is -2.38. The molecule has 2 aromatic heterocycles. The first-order valence-corrected chi connectivity index (χ1v) is 26.6. The number of phenolic OH excluding ortho intramolecular Hbond substituents is 1. The molecule has 3 fully saturated rings. The zero-order valence-electron chi connectivity index (χ0n) is 46.0. The van der Waals surface area contributed by atoms with Gasteiger partial charge in [0.2, 0.25) is 5.78 Å². The van der Waals surface area contributed by atoms with E-state index in [-0.39, 0.29) is 51.5 Å². The number of hydrogen-bond donors (Lipinski definition) is 5. The van der Waals surface area contributed by atoms with Crippen molar-refractivity contribution in [2.75, 3.05) is 38.2 Å². The van der Waals surface area contributed by atoms with Crippen LogP contribution in [0.2, 0.25) is 0 Å². The molecule has 7 aliphatic rings. The van der Waals surface area contributed by atoms with E-state index >= 15 is 9.18 Å². The van der Waals surface area contributed by atoms with Gasteiger partial charge in [0.05, 0.1) is 76.0 Å². The van der Waals surface area contributed by atoms with Crippen LogP contribution in [0.1, 0.15) is 121 Å². The van der Waals surface area contributed by atoms with Gasteiger partial charge in [-0.05, 0) is 62.8 Å². The number of phenols is 1. The number of ketones is 3. The molecule has 2 aliphatic carbocycles. The molecule has 1 amide bonds. The van der Waals surface area contributed by atoms with E-state index < -0.39 is 123 Å². The number of nitrogens with one attached hydrogen (secondary N) is 1. The second-order valence-electron chi connectivity index (χ2n) is 22.3. The number of aromatic hydroxyl groups is 1. The maximum atomic E-state index is 16.3. The van der Waals surface area contributed by atoms with Crippen LogP contribution in [-0.4, -0.2) is 129 Å². The van der Waals surface area contributed by atoms with Crippen molar-refractivity contribution in [2.24, 2.45) is 40.6 Å². The van der Waals surface area contributed by atoms with Gasteiger partial charge < -0.3 is 49.6 Å². The molecular weight excluding hydrogens is 1020 g/mol. The van der Waals surface area contributed by atoms with E-state index in [0.717, 1.165) is 30.9 Å². The van der Waals surface area contributed by atoms with Gasteiger partial charge in [-0.25, -0.2) is 4.39 Å². The predicted molar refractivity (Wildman–Crippen MR) is 289 cm³/mol. The number of Topliss-reactive ketones (excluding diaryl/α,β-unsaturated/α-hetero) is 3. The van der Waals surface area contributed by atoms with Crippen molar-refractivity contribution >= 4 is 52.4 Å². The van der Waals surface area contributed by atoms with E-state index in [9.17, 15) is 44.4 Å². The van der Waals surface area contributed by atoms with Crippen LogP contribution in [0, 0.1) is 55.2 Å². The quantitative estimate of drug-likeness (QED) is 0.0959. The molecule has 3 aromatic rings. The third-order valence-electron chi connectivity index (χ3n) is 16.9. The highest BCUT2D eigenvalue weighted by Crippen LogP contribution is 2.49. The average Bonchev–Trinajstić information content (AvgIpc) is 4.14. The summed E-state index contributed by atoms with van der Waals surface area (Å²) in [6, 6.07) is 1.66. The number of anilines is 1. The Labute approximate surface area is 456 Å². The second-order valence-corrected chi connectivity index (χ2v) is 22.3. The molecule has 20 heteroatoms. The molecule has 5 bridgehead atoms. The van der Waals surface area contributed by atoms with E-state index in [1.54, 1.807) is 51.8 Å². The van der Waals surface area contributed by atoms with Crippen LogP contribution in [0.4, 0.5) is 10.1 Å². The number of carbonyl (C=O) groups excluding carboxylic acids is 5. The Morgan fingerprint density at radius 3 is 2.22 bits per heavy atom. The molecule has 2 saturated heterocycles. The number of benzene rings is 1. The predicted octanol–water partition coefficient (Wildman–Crippen LogP) is 6.52. The summed E-state index contributed by atoms with van der Waals surface area (Å²) in [7, 11) is 1.41. The number of aromatic nitrogens is 1. The fraction of sp³-hybridized carbons (Fsp3) is 0.475. The molecule has 420 valence electrons. The number of aliphatic hydroxyl groups is 3. The van der Waals surface area contributed by atoms with Crippen molar-refractivity contribution in [1.82, 2.24) is 14.7 Å². The van der Waals surface area contributed by atoms with E-state index in [2.05, 4.69) is 17.0 Å². The fourth-order valence-corrected chi connectivity index (χ4v) is 12.2. The highest BCUT2D eigenvalue weighted by atomic mass is 19.1. The summed E-state index contributed by atoms with van der Waals surface area (Å²) >= 11 is 0. The van der Waals surface area contributed by atoms with E-state index in [1.807, 2.05) is 4.90 Å². The summed E-state index contributed by atoms with van der Waals surface area (Å²) in [6.45, 7) is 19.1. The molecule has 2 unspecified atom stereocenters. The Morgan fingerprint density at radius 1 is 0.924 bits per heavy atom. The molecule has 7 heterocycles. The summed E-state index contributed by atoms with van der Waals surface area (Å²) in [5, 5.41) is 54.1. The summed E-state index contributed by atoms with van der Waals surface area (Å²) in [4.78, 5) is 86.6. The van der Waals surface area contributed by atoms with Crippen molar-refractivity contribution in [1.29, 1.82) is 0 Å². The molecular formula is C59H68FN5O14. The molecule has 1 aromatic carbocycles. The first kappa shape index (κ1) is 56.3. The van der Waals surface area contributed by atoms with Crippen molar-refractivity contribution in [3.05, 3.63) is 121 Å². The van der Waals surface area contributed by atoms with Gasteiger partial charge in [0, 0.05) is 93.8 Å². The van der Waals surface area contributed by atoms with Crippen molar-refractivity contribution in [3.8, 4) is 11.5 Å². The fourth-order valence-electron chi connectivity index (χ4n) is 12.2. The van der Waals surface area contributed by atoms with Crippen molar-refractivity contribution < 1.29 is 67.7 Å². The van der Waals surface area contributed by atoms with Gasteiger partial charge in [0.1, 0.15) is 29.1 Å². The second kappa shape index (κ2) is 21.3. The third-order valence-corrected chi connectivity index (χ3v) is 16.9. The highest BCUT2D eigenvalue weighted by Gasteiger charge is 2.53. The van der Waals surface area contributed by atoms with Gasteiger partial charge >= 0.3 is 11.8 Å². The van der Waals surface area contributed by atoms with E-state index in [0.29, 0.717) is 42.9 Å². The van der Waals surface area contributed by atoms with Crippen LogP contribution in [0.15, 0.2) is 76.1 Å². The number of halogens is 1. The molecule has 5 aliphatic heterocycles. The Kier molecular flexibility index (Phi) is 15.2. The van der Waals surface area contributed by atoms with Gasteiger partial charge in [0.25, 0.3) is 17.2 Å². The van der Waals surface area contributed by atoms with Crippen molar-refractivity contribution in [3.63, 3.8) is 0 Å². The maximum absolute atomic E-state index is 16.3. The first-order valence-electron chi connectivity index (χ1n) is 26.6. The van der Waals surface area contributed by atoms with Crippen LogP contribution in [0.5, 0.6) is 11.5 Å². The molecule has 0 spiro atoms. The first-order chi connectivity index (χ1) is 37.3. The lowest BCUT2D eigenvalue weighted by atomic mass is 9.78. The number of allylic oxidation sites excluding steroid dienone is 4. The monoisotopic (exact) mass is 1090 g/mol. The van der Waals surface area contributed by atoms with Gasteiger partial charge in [-0.1, -0.05) is 52.5 Å². The minimum atomic E-state index is -2.17. The summed E-state index contributed by atoms with van der Waals surface area (Å²) in [5.74, 6) is -10.9. The smallest absolute Gasteiger partial charge is 0.312 e. The van der Waals surface area contributed by atoms with Gasteiger partial charge in [-0.3, -0.25) is 38.2 Å². The number of esters is 1. The number of aryl methyl sites for hydroxylation is 1. The van der Waals surface area contributed by atoms with Gasteiger partial charge in [-0.2, -0.15) is 5.10 Å². The highest BCUT2D eigenvalue weighted by molar-refractivity contribution is 6.37. The average molecular weight is 1090 g/mol. The minimum Gasteiger partial charge on any atom is -0.508 e. The lowest BCUT2D eigenvalue weighted by molar-refractivity contribution is -0.160. The Bertz CT molecular complexity index is 3320. The number of hydrazone groups is 1. The number of methoxy groups -OCH3 is 1. The summed E-state index contributed by atoms with van der Waals surface area (Å²) in [5.41, 5.74) is -0.389. The largest absolute Gasteiger partial charge is 0.508 e. The normalized spacial score (nSPS) is 31.0. The lowest BCUT2D eigenvalue weighted by Crippen LogP contribution is -2.46. The minimum absolute atomic E-state index is 0.0223. The molecule has 11 atom stereocenters. The molecule has 1 saturated carbocycles. The van der Waals surface area contributed by atoms with Gasteiger partial charge in [0.15, 0.2) is 11.6 Å². The van der Waals surface area contributed by atoms with Crippen molar-refractivity contribution in [2.45, 2.75) is 111 Å². The Hall–Kier alpha value is -7.42. The molecule has 19 nitrogen and oxygen atoms in total. The standard InChI is InChI=1S/C59H68FN5O14/c1-26-13-12-14-27(2)57(74)62-46-40(20-61-64-23-36-21-63(22-37(36)24-64)48-29(4)47-39(35-15-16-35)19-38(33(8)66)58(75)65(47)25-41(48)60)52(71)43-44(53(46)72)51(70)32(7)55-45(43)56(73)59(10,79-55)77-18-17-42(76-11)28(3)54(78-34(9)67)31(6)50(69)30(5)49(26)68/h12-14,17-20,25-26,28,30-31,35-37,42,49-50,54,66,68-70H,8,15-16,21-24H2,1-7,9-11H3,(H,62,74)/b13-12+,18-17+,27-14-,61-20+/t26-,28+,30+,31+,36?,37?,42-,49-,50+,54+,59-/m0/s1. The molecule has 10 rings (SSSR count). The number of ether oxygens (including phenoxy) is 4. The Morgan fingerprint density at radius 2 is 1.59 bits per heavy atom. The molecule has 5 N–H and O–H groups in total. The number of pyridine rings is 2. The van der Waals surface area contributed by atoms with E-state index in [4.69, 9.17) is 18.9 Å². The maximum Gasteiger partial charge on any atom is 0.312 e. The van der Waals surface area contributed by atoms with Crippen LogP contribution < -0.4 is 20.5 Å². The molecule has 79 heavy (non-hydrogen) atoms. The number of nitrogens with zero attached hydrogens (tertiary/aromatic N) is 4. The number of aliphatic hydroxyl groups excluding tert-OH is 3. The third kappa shape index (κ3) is 9.96. The number of hydrogen-bond acceptors (Lipinski definition) is 17. The number of rotatable bonds is 7. The van der Waals surface area contributed by atoms with Crippen LogP contribution >= 0.6 is 0 Å². The van der Waals surface area contributed by atoms with E-state index in [1.165, 1.54) is 63.6 Å².